The molecule has 3 heterocycles. The molecular weight excluding hydrogens is 288 g/mol. The summed E-state index contributed by atoms with van der Waals surface area (Å²) in [5, 5.41) is 4.25. The lowest BCUT2D eigenvalue weighted by Crippen LogP contribution is -2.40. The number of nitrogens with two attached hydrogens (primary N) is 1. The molecule has 0 spiro atoms. The van der Waals surface area contributed by atoms with Gasteiger partial charge in [0.05, 0.1) is 5.56 Å². The zero-order valence-corrected chi connectivity index (χ0v) is 13.7. The fourth-order valence-electron chi connectivity index (χ4n) is 2.87. The molecule has 2 unspecified atom stereocenters. The molecule has 1 fully saturated rings. The zero-order valence-electron chi connectivity index (χ0n) is 12.1. The number of aromatic nitrogens is 2. The van der Waals surface area contributed by atoms with Crippen LogP contribution in [0.4, 0.5) is 10.8 Å². The highest BCUT2D eigenvalue weighted by atomic mass is 32.1. The summed E-state index contributed by atoms with van der Waals surface area (Å²) in [6.45, 7) is 7.73. The van der Waals surface area contributed by atoms with Crippen LogP contribution in [0.15, 0.2) is 5.38 Å². The van der Waals surface area contributed by atoms with Crippen molar-refractivity contribution in [1.82, 2.24) is 9.36 Å². The highest BCUT2D eigenvalue weighted by Gasteiger charge is 2.28. The third kappa shape index (κ3) is 2.42. The summed E-state index contributed by atoms with van der Waals surface area (Å²) in [7, 11) is 0. The molecule has 1 aliphatic rings. The topological polar surface area (TPSA) is 55.0 Å². The number of nitrogens with zero attached hydrogens (tertiary/aromatic N) is 3. The van der Waals surface area contributed by atoms with Crippen molar-refractivity contribution in [3.63, 3.8) is 0 Å². The van der Waals surface area contributed by atoms with Crippen molar-refractivity contribution in [3.05, 3.63) is 11.1 Å². The average Bonchev–Trinajstić information content (AvgIpc) is 2.96. The van der Waals surface area contributed by atoms with E-state index < -0.39 is 0 Å². The van der Waals surface area contributed by atoms with Gasteiger partial charge in [0.2, 0.25) is 0 Å². The molecular formula is C14H20N4S2. The molecule has 0 aromatic carbocycles. The maximum absolute atomic E-state index is 6.10. The van der Waals surface area contributed by atoms with E-state index in [1.54, 1.807) is 11.3 Å². The molecule has 2 atom stereocenters. The molecule has 0 aliphatic carbocycles. The first-order chi connectivity index (χ1) is 9.56. The summed E-state index contributed by atoms with van der Waals surface area (Å²) < 4.78 is 4.38. The Bertz CT molecular complexity index is 604. The van der Waals surface area contributed by atoms with Gasteiger partial charge in [0.1, 0.15) is 15.8 Å². The van der Waals surface area contributed by atoms with Gasteiger partial charge in [-0.3, -0.25) is 0 Å². The van der Waals surface area contributed by atoms with Gasteiger partial charge in [-0.25, -0.2) is 4.98 Å². The Labute approximate surface area is 127 Å². The van der Waals surface area contributed by atoms with Gasteiger partial charge in [-0.1, -0.05) is 6.92 Å². The van der Waals surface area contributed by atoms with Crippen LogP contribution in [0, 0.1) is 12.8 Å². The maximum Gasteiger partial charge on any atom is 0.149 e. The Morgan fingerprint density at radius 2 is 2.20 bits per heavy atom. The van der Waals surface area contributed by atoms with Crippen LogP contribution in [-0.4, -0.2) is 21.9 Å². The Balaban J connectivity index is 1.99. The van der Waals surface area contributed by atoms with Crippen molar-refractivity contribution < 1.29 is 0 Å². The second-order valence-corrected chi connectivity index (χ2v) is 7.32. The summed E-state index contributed by atoms with van der Waals surface area (Å²) >= 11 is 3.16. The van der Waals surface area contributed by atoms with E-state index in [9.17, 15) is 0 Å². The molecule has 4 nitrogen and oxygen atoms in total. The number of thiazole rings is 1. The second-order valence-electron chi connectivity index (χ2n) is 5.71. The summed E-state index contributed by atoms with van der Waals surface area (Å²) in [5.74, 6) is 1.42. The van der Waals surface area contributed by atoms with Gasteiger partial charge in [-0.05, 0) is 44.1 Å². The summed E-state index contributed by atoms with van der Waals surface area (Å²) in [5.41, 5.74) is 8.18. The van der Waals surface area contributed by atoms with Crippen molar-refractivity contribution >= 4 is 33.7 Å². The zero-order chi connectivity index (χ0) is 14.3. The fourth-order valence-corrected chi connectivity index (χ4v) is 4.73. The predicted octanol–water partition coefficient (Wildman–Crippen LogP) is 3.78. The quantitative estimate of drug-likeness (QED) is 0.917. The fraction of sp³-hybridized carbons (Fsp3) is 0.571. The molecule has 0 saturated carbocycles. The van der Waals surface area contributed by atoms with E-state index in [1.165, 1.54) is 29.4 Å². The number of piperidine rings is 1. The van der Waals surface area contributed by atoms with Crippen LogP contribution in [0.1, 0.15) is 32.4 Å². The third-order valence-electron chi connectivity index (χ3n) is 3.93. The van der Waals surface area contributed by atoms with E-state index in [4.69, 9.17) is 5.73 Å². The molecule has 1 aliphatic heterocycles. The van der Waals surface area contributed by atoms with Crippen LogP contribution in [-0.2, 0) is 0 Å². The normalized spacial score (nSPS) is 23.2. The first-order valence-electron chi connectivity index (χ1n) is 7.00. The van der Waals surface area contributed by atoms with E-state index in [0.29, 0.717) is 11.9 Å². The van der Waals surface area contributed by atoms with E-state index in [-0.39, 0.29) is 0 Å². The Kier molecular flexibility index (Phi) is 3.69. The molecule has 1 saturated heterocycles. The number of hydrogen-bond acceptors (Lipinski definition) is 6. The van der Waals surface area contributed by atoms with Crippen molar-refractivity contribution in [3.8, 4) is 10.6 Å². The van der Waals surface area contributed by atoms with Crippen molar-refractivity contribution in [2.24, 2.45) is 5.92 Å². The lowest BCUT2D eigenvalue weighted by atomic mass is 9.93. The Morgan fingerprint density at radius 3 is 2.85 bits per heavy atom. The Hall–Kier alpha value is -1.14. The largest absolute Gasteiger partial charge is 0.382 e. The van der Waals surface area contributed by atoms with Crippen LogP contribution in [0.25, 0.3) is 10.6 Å². The molecule has 2 N–H and O–H groups in total. The lowest BCUT2D eigenvalue weighted by molar-refractivity contribution is 0.379. The van der Waals surface area contributed by atoms with Crippen LogP contribution >= 0.6 is 22.9 Å². The van der Waals surface area contributed by atoms with Gasteiger partial charge in [-0.2, -0.15) is 4.37 Å². The highest BCUT2D eigenvalue weighted by Crippen LogP contribution is 2.43. The minimum Gasteiger partial charge on any atom is -0.382 e. The number of anilines is 2. The van der Waals surface area contributed by atoms with Gasteiger partial charge in [0.25, 0.3) is 0 Å². The summed E-state index contributed by atoms with van der Waals surface area (Å²) in [6.07, 6.45) is 2.46. The number of nitrogen functional groups attached to an aromatic ring is 1. The number of aryl methyl sites for hydroxylation is 1. The van der Waals surface area contributed by atoms with E-state index in [1.807, 2.05) is 6.92 Å². The minimum absolute atomic E-state index is 0.540. The van der Waals surface area contributed by atoms with E-state index in [0.717, 1.165) is 28.7 Å². The predicted molar refractivity (Wildman–Crippen MR) is 87.6 cm³/mol. The first-order valence-corrected chi connectivity index (χ1v) is 8.66. The van der Waals surface area contributed by atoms with Crippen molar-refractivity contribution in [1.29, 1.82) is 0 Å². The van der Waals surface area contributed by atoms with Crippen LogP contribution in [0.5, 0.6) is 0 Å². The van der Waals surface area contributed by atoms with Crippen LogP contribution in [0.3, 0.4) is 0 Å². The van der Waals surface area contributed by atoms with Crippen LogP contribution in [0.2, 0.25) is 0 Å². The van der Waals surface area contributed by atoms with Gasteiger partial charge in [0, 0.05) is 23.7 Å². The third-order valence-corrected chi connectivity index (χ3v) is 5.81. The molecule has 2 aromatic heterocycles. The molecule has 20 heavy (non-hydrogen) atoms. The Morgan fingerprint density at radius 1 is 1.40 bits per heavy atom. The maximum atomic E-state index is 6.10. The molecule has 108 valence electrons. The van der Waals surface area contributed by atoms with E-state index >= 15 is 0 Å². The first kappa shape index (κ1) is 13.8. The SMILES string of the molecule is Cc1csc(-c2c(N)nsc2N2CCC(C)CC2C)n1. The monoisotopic (exact) mass is 308 g/mol. The summed E-state index contributed by atoms with van der Waals surface area (Å²) in [6, 6.07) is 0.540. The summed E-state index contributed by atoms with van der Waals surface area (Å²) in [4.78, 5) is 7.05. The van der Waals surface area contributed by atoms with Gasteiger partial charge < -0.3 is 10.6 Å². The minimum atomic E-state index is 0.540. The molecule has 6 heteroatoms. The second kappa shape index (κ2) is 5.33. The van der Waals surface area contributed by atoms with Crippen LogP contribution < -0.4 is 10.6 Å². The van der Waals surface area contributed by atoms with Crippen molar-refractivity contribution in [2.75, 3.05) is 17.2 Å². The smallest absolute Gasteiger partial charge is 0.149 e. The molecule has 3 rings (SSSR count). The molecule has 0 amide bonds. The lowest BCUT2D eigenvalue weighted by Gasteiger charge is -2.37. The standard InChI is InChI=1S/C14H20N4S2/c1-8-4-5-18(10(3)6-8)14-11(12(15)17-20-14)13-16-9(2)7-19-13/h7-8,10H,4-6H2,1-3H3,(H2,15,17). The van der Waals surface area contributed by atoms with Crippen molar-refractivity contribution in [2.45, 2.75) is 39.7 Å². The van der Waals surface area contributed by atoms with Gasteiger partial charge in [-0.15, -0.1) is 11.3 Å². The van der Waals surface area contributed by atoms with E-state index in [2.05, 4.69) is 33.5 Å². The molecule has 2 aromatic rings. The van der Waals surface area contributed by atoms with Gasteiger partial charge >= 0.3 is 0 Å². The molecule has 0 bridgehead atoms. The number of rotatable bonds is 2. The molecule has 0 radical (unpaired) electrons. The van der Waals surface area contributed by atoms with Gasteiger partial charge in [0.15, 0.2) is 0 Å². The highest BCUT2D eigenvalue weighted by molar-refractivity contribution is 7.15. The average molecular weight is 308 g/mol. The number of hydrogen-bond donors (Lipinski definition) is 1.